The maximum Gasteiger partial charge on any atom is 0.278 e. The van der Waals surface area contributed by atoms with E-state index in [-0.39, 0.29) is 11.6 Å². The zero-order valence-corrected chi connectivity index (χ0v) is 15.1. The molecule has 0 aliphatic heterocycles. The molecule has 1 heterocycles. The van der Waals surface area contributed by atoms with E-state index in [4.69, 9.17) is 16.3 Å². The van der Waals surface area contributed by atoms with Crippen molar-refractivity contribution in [3.8, 4) is 5.75 Å². The van der Waals surface area contributed by atoms with Gasteiger partial charge in [-0.3, -0.25) is 4.79 Å². The Morgan fingerprint density at radius 3 is 2.46 bits per heavy atom. The van der Waals surface area contributed by atoms with Crippen molar-refractivity contribution >= 4 is 34.7 Å². The van der Waals surface area contributed by atoms with Gasteiger partial charge in [0.05, 0.1) is 12.1 Å². The van der Waals surface area contributed by atoms with Gasteiger partial charge in [-0.25, -0.2) is 0 Å². The quantitative estimate of drug-likeness (QED) is 0.732. The summed E-state index contributed by atoms with van der Waals surface area (Å²) >= 11 is 6.10. The number of carbonyl (C=O) groups is 1. The molecule has 0 unspecified atom stereocenters. The summed E-state index contributed by atoms with van der Waals surface area (Å²) in [5.74, 6) is 0.862. The topological polar surface area (TPSA) is 67.3 Å². The van der Waals surface area contributed by atoms with Crippen molar-refractivity contribution in [2.24, 2.45) is 0 Å². The van der Waals surface area contributed by atoms with Crippen molar-refractivity contribution in [2.45, 2.75) is 0 Å². The van der Waals surface area contributed by atoms with Crippen LogP contribution in [0.2, 0.25) is 5.02 Å². The number of rotatable bonds is 5. The maximum atomic E-state index is 12.5. The van der Waals surface area contributed by atoms with Crippen molar-refractivity contribution in [2.75, 3.05) is 24.4 Å². The van der Waals surface area contributed by atoms with Crippen LogP contribution in [0.25, 0.3) is 0 Å². The maximum absolute atomic E-state index is 12.5. The second-order valence-electron chi connectivity index (χ2n) is 5.48. The molecule has 0 atom stereocenters. The Morgan fingerprint density at radius 1 is 1.08 bits per heavy atom. The van der Waals surface area contributed by atoms with Crippen molar-refractivity contribution < 1.29 is 9.53 Å². The van der Waals surface area contributed by atoms with Gasteiger partial charge in [0.15, 0.2) is 11.5 Å². The molecule has 2 aromatic carbocycles. The number of hydrogen-bond acceptors (Lipinski definition) is 5. The molecular weight excluding hydrogens is 352 g/mol. The van der Waals surface area contributed by atoms with Gasteiger partial charge in [-0.05, 0) is 42.5 Å². The Morgan fingerprint density at radius 2 is 1.85 bits per heavy atom. The predicted molar refractivity (Wildman–Crippen MR) is 102 cm³/mol. The highest BCUT2D eigenvalue weighted by Crippen LogP contribution is 2.28. The van der Waals surface area contributed by atoms with Crippen LogP contribution in [0, 0.1) is 0 Å². The second kappa shape index (κ2) is 7.84. The number of nitrogens with one attached hydrogen (secondary N) is 1. The van der Waals surface area contributed by atoms with Crippen molar-refractivity contribution in [1.82, 2.24) is 10.2 Å². The SMILES string of the molecule is COc1ccc(Nc2ccc(C(=O)N(C)c3ccccc3)nn2)cc1Cl. The largest absolute Gasteiger partial charge is 0.495 e. The summed E-state index contributed by atoms with van der Waals surface area (Å²) in [7, 11) is 3.26. The highest BCUT2D eigenvalue weighted by molar-refractivity contribution is 6.32. The first-order chi connectivity index (χ1) is 12.6. The summed E-state index contributed by atoms with van der Waals surface area (Å²) in [4.78, 5) is 14.0. The number of hydrogen-bond donors (Lipinski definition) is 1. The Bertz CT molecular complexity index is 901. The van der Waals surface area contributed by atoms with Gasteiger partial charge in [-0.15, -0.1) is 10.2 Å². The van der Waals surface area contributed by atoms with E-state index in [9.17, 15) is 4.79 Å². The van der Waals surface area contributed by atoms with Crippen LogP contribution in [0.1, 0.15) is 10.5 Å². The fourth-order valence-corrected chi connectivity index (χ4v) is 2.60. The van der Waals surface area contributed by atoms with Crippen LogP contribution in [0.3, 0.4) is 0 Å². The Labute approximate surface area is 156 Å². The van der Waals surface area contributed by atoms with E-state index in [0.717, 1.165) is 11.4 Å². The summed E-state index contributed by atoms with van der Waals surface area (Å²) in [6.07, 6.45) is 0. The molecule has 0 fully saturated rings. The molecule has 0 saturated heterocycles. The molecule has 3 rings (SSSR count). The molecule has 0 aliphatic carbocycles. The summed E-state index contributed by atoms with van der Waals surface area (Å²) in [5, 5.41) is 11.6. The van der Waals surface area contributed by atoms with E-state index in [1.807, 2.05) is 36.4 Å². The van der Waals surface area contributed by atoms with E-state index < -0.39 is 0 Å². The predicted octanol–water partition coefficient (Wildman–Crippen LogP) is 4.16. The van der Waals surface area contributed by atoms with Crippen molar-refractivity contribution in [3.05, 3.63) is 71.4 Å². The molecule has 0 aliphatic rings. The molecule has 0 bridgehead atoms. The Hall–Kier alpha value is -3.12. The van der Waals surface area contributed by atoms with E-state index >= 15 is 0 Å². The molecule has 1 N–H and O–H groups in total. The van der Waals surface area contributed by atoms with Crippen molar-refractivity contribution in [1.29, 1.82) is 0 Å². The van der Waals surface area contributed by atoms with Crippen LogP contribution < -0.4 is 15.0 Å². The summed E-state index contributed by atoms with van der Waals surface area (Å²) < 4.78 is 5.12. The minimum atomic E-state index is -0.234. The number of aromatic nitrogens is 2. The highest BCUT2D eigenvalue weighted by Gasteiger charge is 2.15. The third kappa shape index (κ3) is 3.92. The zero-order valence-electron chi connectivity index (χ0n) is 14.3. The van der Waals surface area contributed by atoms with Crippen LogP contribution >= 0.6 is 11.6 Å². The van der Waals surface area contributed by atoms with Gasteiger partial charge in [0.25, 0.3) is 5.91 Å². The van der Waals surface area contributed by atoms with Crippen LogP contribution in [0.5, 0.6) is 5.75 Å². The zero-order chi connectivity index (χ0) is 18.5. The molecule has 1 amide bonds. The fourth-order valence-electron chi connectivity index (χ4n) is 2.35. The first-order valence-corrected chi connectivity index (χ1v) is 8.23. The molecule has 7 heteroatoms. The second-order valence-corrected chi connectivity index (χ2v) is 5.89. The van der Waals surface area contributed by atoms with E-state index in [2.05, 4.69) is 15.5 Å². The number of ether oxygens (including phenoxy) is 1. The molecular formula is C19H17ClN4O2. The number of carbonyl (C=O) groups excluding carboxylic acids is 1. The smallest absolute Gasteiger partial charge is 0.278 e. The molecule has 0 radical (unpaired) electrons. The minimum absolute atomic E-state index is 0.234. The van der Waals surface area contributed by atoms with Crippen LogP contribution in [-0.4, -0.2) is 30.3 Å². The average Bonchev–Trinajstić information content (AvgIpc) is 2.68. The summed E-state index contributed by atoms with van der Waals surface area (Å²) in [6.45, 7) is 0. The minimum Gasteiger partial charge on any atom is -0.495 e. The number of anilines is 3. The molecule has 3 aromatic rings. The monoisotopic (exact) mass is 368 g/mol. The Kier molecular flexibility index (Phi) is 5.34. The first kappa shape index (κ1) is 17.7. The molecule has 1 aromatic heterocycles. The van der Waals surface area contributed by atoms with Gasteiger partial charge in [-0.1, -0.05) is 29.8 Å². The highest BCUT2D eigenvalue weighted by atomic mass is 35.5. The van der Waals surface area contributed by atoms with Crippen LogP contribution in [-0.2, 0) is 0 Å². The fraction of sp³-hybridized carbons (Fsp3) is 0.105. The summed E-state index contributed by atoms with van der Waals surface area (Å²) in [5.41, 5.74) is 1.79. The standard InChI is InChI=1S/C19H17ClN4O2/c1-24(14-6-4-3-5-7-14)19(25)16-9-11-18(23-22-16)21-13-8-10-17(26-2)15(20)12-13/h3-12H,1-2H3,(H,21,23). The molecule has 0 saturated carbocycles. The number of nitrogens with zero attached hydrogens (tertiary/aromatic N) is 3. The third-order valence-corrected chi connectivity index (χ3v) is 4.05. The number of para-hydroxylation sites is 1. The molecule has 6 nitrogen and oxygen atoms in total. The number of methoxy groups -OCH3 is 1. The lowest BCUT2D eigenvalue weighted by Crippen LogP contribution is -2.27. The van der Waals surface area contributed by atoms with Gasteiger partial charge in [-0.2, -0.15) is 0 Å². The lowest BCUT2D eigenvalue weighted by molar-refractivity contribution is 0.0987. The normalized spacial score (nSPS) is 10.3. The van der Waals surface area contributed by atoms with E-state index in [1.165, 1.54) is 4.90 Å². The lowest BCUT2D eigenvalue weighted by Gasteiger charge is -2.16. The van der Waals surface area contributed by atoms with Gasteiger partial charge in [0.1, 0.15) is 5.75 Å². The van der Waals surface area contributed by atoms with Gasteiger partial charge >= 0.3 is 0 Å². The van der Waals surface area contributed by atoms with Gasteiger partial charge in [0, 0.05) is 18.4 Å². The molecule has 132 valence electrons. The number of amides is 1. The van der Waals surface area contributed by atoms with Crippen molar-refractivity contribution in [3.63, 3.8) is 0 Å². The first-order valence-electron chi connectivity index (χ1n) is 7.86. The average molecular weight is 369 g/mol. The van der Waals surface area contributed by atoms with E-state index in [1.54, 1.807) is 38.4 Å². The third-order valence-electron chi connectivity index (χ3n) is 3.76. The Balaban J connectivity index is 1.72. The number of halogens is 1. The lowest BCUT2D eigenvalue weighted by atomic mass is 10.2. The van der Waals surface area contributed by atoms with Crippen LogP contribution in [0.15, 0.2) is 60.7 Å². The number of benzene rings is 2. The summed E-state index contributed by atoms with van der Waals surface area (Å²) in [6, 6.07) is 18.0. The van der Waals surface area contributed by atoms with Crippen LogP contribution in [0.4, 0.5) is 17.2 Å². The van der Waals surface area contributed by atoms with Gasteiger partial charge in [0.2, 0.25) is 0 Å². The van der Waals surface area contributed by atoms with Gasteiger partial charge < -0.3 is 15.0 Å². The van der Waals surface area contributed by atoms with E-state index in [0.29, 0.717) is 16.6 Å². The molecule has 26 heavy (non-hydrogen) atoms. The molecule has 0 spiro atoms.